The Labute approximate surface area is 339 Å². The number of anilines is 3. The first kappa shape index (κ1) is 34.8. The van der Waals surface area contributed by atoms with Crippen LogP contribution in [-0.4, -0.2) is 0 Å². The number of hydrogen-bond acceptors (Lipinski definition) is 1. The molecule has 4 aliphatic rings. The molecule has 2 bridgehead atoms. The van der Waals surface area contributed by atoms with Gasteiger partial charge in [0.1, 0.15) is 0 Å². The van der Waals surface area contributed by atoms with Gasteiger partial charge in [0, 0.05) is 22.1 Å². The van der Waals surface area contributed by atoms with Gasteiger partial charge in [0.25, 0.3) is 0 Å². The molecule has 282 valence electrons. The van der Waals surface area contributed by atoms with Crippen LogP contribution in [0.1, 0.15) is 106 Å². The van der Waals surface area contributed by atoms with Gasteiger partial charge < -0.3 is 4.90 Å². The largest absolute Gasteiger partial charge is 0.309 e. The Morgan fingerprint density at radius 2 is 1.19 bits per heavy atom. The molecule has 1 nitrogen and oxygen atoms in total. The molecular weight excluding hydrogens is 687 g/mol. The summed E-state index contributed by atoms with van der Waals surface area (Å²) < 4.78 is 0. The lowest BCUT2D eigenvalue weighted by Gasteiger charge is -2.32. The molecule has 0 radical (unpaired) electrons. The molecular formula is C56H53N. The van der Waals surface area contributed by atoms with E-state index in [-0.39, 0.29) is 5.41 Å². The van der Waals surface area contributed by atoms with Gasteiger partial charge in [0.2, 0.25) is 0 Å². The van der Waals surface area contributed by atoms with E-state index in [2.05, 4.69) is 170 Å². The maximum Gasteiger partial charge on any atom is 0.0543 e. The van der Waals surface area contributed by atoms with Gasteiger partial charge in [0.05, 0.1) is 11.4 Å². The van der Waals surface area contributed by atoms with Crippen molar-refractivity contribution in [2.75, 3.05) is 4.90 Å². The number of fused-ring (bicyclic) bond motifs is 6. The van der Waals surface area contributed by atoms with Crippen molar-refractivity contribution in [2.45, 2.75) is 88.9 Å². The third-order valence-corrected chi connectivity index (χ3v) is 14.8. The second-order valence-corrected chi connectivity index (χ2v) is 18.3. The zero-order chi connectivity index (χ0) is 38.1. The van der Waals surface area contributed by atoms with Crippen molar-refractivity contribution in [2.24, 2.45) is 11.8 Å². The third kappa shape index (κ3) is 5.88. The van der Waals surface area contributed by atoms with Crippen LogP contribution in [0.2, 0.25) is 0 Å². The maximum absolute atomic E-state index is 2.62. The molecule has 0 saturated heterocycles. The highest BCUT2D eigenvalue weighted by Crippen LogP contribution is 2.57. The number of nitrogens with zero attached hydrogens (tertiary/aromatic N) is 1. The molecule has 4 aliphatic carbocycles. The summed E-state index contributed by atoms with van der Waals surface area (Å²) in [5, 5.41) is 2.78. The van der Waals surface area contributed by atoms with E-state index in [1.54, 1.807) is 5.56 Å². The van der Waals surface area contributed by atoms with Gasteiger partial charge in [0.15, 0.2) is 0 Å². The highest BCUT2D eigenvalue weighted by molar-refractivity contribution is 6.04. The van der Waals surface area contributed by atoms with Gasteiger partial charge in [-0.2, -0.15) is 0 Å². The van der Waals surface area contributed by atoms with E-state index in [0.717, 1.165) is 11.8 Å². The molecule has 3 atom stereocenters. The van der Waals surface area contributed by atoms with Gasteiger partial charge in [-0.05, 0) is 148 Å². The normalized spacial score (nSPS) is 20.8. The molecule has 1 heteroatoms. The standard InChI is InChI=1S/C56H53N/c1-56(2)52-30-26-42(39-16-8-4-9-17-39)34-50(52)51-35-49(41-18-10-5-11-19-41)55(36-53(51)56)57(44-27-24-40(25-28-44)38-14-6-3-7-15-38)54-31-29-46(45-20-12-13-21-47(45)54)48-33-37-22-23-43(48)32-37/h4-5,8-13,16-21,24-31,34-38,43,48H,3,6-7,14-15,22-23,32-33H2,1-2H3. The first-order valence-electron chi connectivity index (χ1n) is 21.9. The maximum atomic E-state index is 2.62. The summed E-state index contributed by atoms with van der Waals surface area (Å²) >= 11 is 0. The average molecular weight is 740 g/mol. The molecule has 7 aromatic rings. The van der Waals surface area contributed by atoms with E-state index in [1.165, 1.54) is 136 Å². The third-order valence-electron chi connectivity index (χ3n) is 14.8. The lowest BCUT2D eigenvalue weighted by molar-refractivity contribution is 0.422. The summed E-state index contributed by atoms with van der Waals surface area (Å²) in [5.41, 5.74) is 17.2. The predicted octanol–water partition coefficient (Wildman–Crippen LogP) is 15.9. The van der Waals surface area contributed by atoms with Crippen molar-refractivity contribution in [3.05, 3.63) is 174 Å². The first-order chi connectivity index (χ1) is 28.0. The molecule has 0 N–H and O–H groups in total. The van der Waals surface area contributed by atoms with Crippen molar-refractivity contribution in [1.29, 1.82) is 0 Å². The van der Waals surface area contributed by atoms with Crippen LogP contribution in [0.3, 0.4) is 0 Å². The fourth-order valence-electron chi connectivity index (χ4n) is 11.8. The Balaban J connectivity index is 1.14. The summed E-state index contributed by atoms with van der Waals surface area (Å²) in [6.45, 7) is 4.85. The molecule has 0 aromatic heterocycles. The molecule has 57 heavy (non-hydrogen) atoms. The van der Waals surface area contributed by atoms with Crippen LogP contribution < -0.4 is 4.90 Å². The monoisotopic (exact) mass is 739 g/mol. The van der Waals surface area contributed by atoms with Crippen LogP contribution in [-0.2, 0) is 5.41 Å². The Morgan fingerprint density at radius 1 is 0.491 bits per heavy atom. The Bertz CT molecular complexity index is 2590. The summed E-state index contributed by atoms with van der Waals surface area (Å²) in [6, 6.07) is 58.3. The van der Waals surface area contributed by atoms with Crippen LogP contribution in [0.5, 0.6) is 0 Å². The van der Waals surface area contributed by atoms with Crippen molar-refractivity contribution in [1.82, 2.24) is 0 Å². The van der Waals surface area contributed by atoms with Crippen LogP contribution in [0.25, 0.3) is 44.2 Å². The minimum absolute atomic E-state index is 0.159. The summed E-state index contributed by atoms with van der Waals surface area (Å²) in [5.74, 6) is 3.09. The highest BCUT2D eigenvalue weighted by atomic mass is 15.1. The van der Waals surface area contributed by atoms with E-state index >= 15 is 0 Å². The second kappa shape index (κ2) is 13.9. The minimum Gasteiger partial charge on any atom is -0.309 e. The zero-order valence-corrected chi connectivity index (χ0v) is 33.6. The van der Waals surface area contributed by atoms with Gasteiger partial charge in [-0.15, -0.1) is 0 Å². The average Bonchev–Trinajstić information content (AvgIpc) is 3.97. The quantitative estimate of drug-likeness (QED) is 0.157. The predicted molar refractivity (Wildman–Crippen MR) is 241 cm³/mol. The molecule has 3 unspecified atom stereocenters. The number of hydrogen-bond donors (Lipinski definition) is 0. The summed E-state index contributed by atoms with van der Waals surface area (Å²) in [6.07, 6.45) is 12.3. The summed E-state index contributed by atoms with van der Waals surface area (Å²) in [7, 11) is 0. The van der Waals surface area contributed by atoms with Gasteiger partial charge in [-0.1, -0.05) is 155 Å². The molecule has 0 aliphatic heterocycles. The minimum atomic E-state index is -0.159. The van der Waals surface area contributed by atoms with Crippen LogP contribution >= 0.6 is 0 Å². The van der Waals surface area contributed by atoms with Crippen LogP contribution in [0.4, 0.5) is 17.1 Å². The SMILES string of the molecule is CC1(C)c2ccc(-c3ccccc3)cc2-c2cc(-c3ccccc3)c(N(c3ccc(C4CCCCC4)cc3)c3ccc(C4CC5CCC4C5)c4ccccc34)cc21. The fourth-order valence-corrected chi connectivity index (χ4v) is 11.8. The lowest BCUT2D eigenvalue weighted by Crippen LogP contribution is -2.18. The smallest absolute Gasteiger partial charge is 0.0543 e. The lowest BCUT2D eigenvalue weighted by atomic mass is 9.80. The van der Waals surface area contributed by atoms with E-state index < -0.39 is 0 Å². The van der Waals surface area contributed by atoms with Crippen LogP contribution in [0.15, 0.2) is 152 Å². The number of rotatable bonds is 7. The zero-order valence-electron chi connectivity index (χ0n) is 33.6. The van der Waals surface area contributed by atoms with Crippen molar-refractivity contribution in [3.8, 4) is 33.4 Å². The van der Waals surface area contributed by atoms with E-state index in [9.17, 15) is 0 Å². The van der Waals surface area contributed by atoms with Crippen molar-refractivity contribution >= 4 is 27.8 Å². The van der Waals surface area contributed by atoms with Crippen molar-refractivity contribution in [3.63, 3.8) is 0 Å². The molecule has 3 fully saturated rings. The molecule has 7 aromatic carbocycles. The molecule has 3 saturated carbocycles. The van der Waals surface area contributed by atoms with E-state index in [1.807, 2.05) is 0 Å². The van der Waals surface area contributed by atoms with Crippen LogP contribution in [0, 0.1) is 11.8 Å². The Kier molecular flexibility index (Phi) is 8.50. The molecule has 0 amide bonds. The van der Waals surface area contributed by atoms with E-state index in [0.29, 0.717) is 11.8 Å². The molecule has 0 spiro atoms. The topological polar surface area (TPSA) is 3.24 Å². The van der Waals surface area contributed by atoms with E-state index in [4.69, 9.17) is 0 Å². The molecule has 0 heterocycles. The first-order valence-corrected chi connectivity index (χ1v) is 21.9. The Hall–Kier alpha value is -5.40. The number of benzene rings is 7. The van der Waals surface area contributed by atoms with Gasteiger partial charge in [-0.3, -0.25) is 0 Å². The Morgan fingerprint density at radius 3 is 1.91 bits per heavy atom. The molecule has 11 rings (SSSR count). The summed E-state index contributed by atoms with van der Waals surface area (Å²) in [4.78, 5) is 2.62. The van der Waals surface area contributed by atoms with Gasteiger partial charge >= 0.3 is 0 Å². The second-order valence-electron chi connectivity index (χ2n) is 18.3. The fraction of sp³-hybridized carbons (Fsp3) is 0.286. The van der Waals surface area contributed by atoms with Gasteiger partial charge in [-0.25, -0.2) is 0 Å². The van der Waals surface area contributed by atoms with Crippen molar-refractivity contribution < 1.29 is 0 Å². The highest BCUT2D eigenvalue weighted by Gasteiger charge is 2.41.